The number of nitrogens with one attached hydrogen (secondary N) is 1. The molecule has 0 unspecified atom stereocenters. The lowest BCUT2D eigenvalue weighted by Gasteiger charge is -2.16. The summed E-state index contributed by atoms with van der Waals surface area (Å²) in [5, 5.41) is 4.02. The minimum absolute atomic E-state index is 0.453. The van der Waals surface area contributed by atoms with Crippen LogP contribution in [0.2, 0.25) is 5.15 Å². The van der Waals surface area contributed by atoms with Crippen LogP contribution in [-0.4, -0.2) is 16.0 Å². The molecule has 0 aliphatic heterocycles. The minimum Gasteiger partial charge on any atom is -0.366 e. The molecule has 0 radical (unpaired) electrons. The van der Waals surface area contributed by atoms with E-state index < -0.39 is 0 Å². The molecule has 0 atom stereocenters. The van der Waals surface area contributed by atoms with E-state index in [2.05, 4.69) is 34.4 Å². The molecule has 2 rings (SSSR count). The van der Waals surface area contributed by atoms with Gasteiger partial charge in [-0.1, -0.05) is 30.7 Å². The molecule has 3 nitrogen and oxygen atoms in total. The lowest BCUT2D eigenvalue weighted by Crippen LogP contribution is -2.18. The van der Waals surface area contributed by atoms with E-state index in [9.17, 15) is 0 Å². The van der Waals surface area contributed by atoms with Crippen molar-refractivity contribution in [1.29, 1.82) is 0 Å². The van der Waals surface area contributed by atoms with Crippen LogP contribution in [0.3, 0.4) is 0 Å². The first-order valence-electron chi connectivity index (χ1n) is 6.15. The van der Waals surface area contributed by atoms with Crippen molar-refractivity contribution in [2.24, 2.45) is 0 Å². The summed E-state index contributed by atoms with van der Waals surface area (Å²) < 4.78 is 0. The number of rotatable bonds is 4. The Labute approximate surface area is 107 Å². The largest absolute Gasteiger partial charge is 0.366 e. The van der Waals surface area contributed by atoms with Crippen molar-refractivity contribution in [2.75, 3.05) is 5.32 Å². The molecule has 0 saturated carbocycles. The molecular weight excluding hydrogens is 234 g/mol. The summed E-state index contributed by atoms with van der Waals surface area (Å²) in [5.41, 5.74) is 0.943. The van der Waals surface area contributed by atoms with Crippen molar-refractivity contribution in [3.05, 3.63) is 28.7 Å². The fourth-order valence-electron chi connectivity index (χ4n) is 1.94. The molecule has 1 N–H and O–H groups in total. The van der Waals surface area contributed by atoms with Crippen molar-refractivity contribution in [3.63, 3.8) is 0 Å². The predicted molar refractivity (Wildman–Crippen MR) is 71.6 cm³/mol. The van der Waals surface area contributed by atoms with Crippen molar-refractivity contribution < 1.29 is 0 Å². The van der Waals surface area contributed by atoms with Gasteiger partial charge in [-0.2, -0.15) is 0 Å². The van der Waals surface area contributed by atoms with Crippen LogP contribution in [0.4, 0.5) is 5.82 Å². The molecule has 1 aliphatic rings. The topological polar surface area (TPSA) is 37.8 Å². The number of anilines is 1. The molecule has 92 valence electrons. The van der Waals surface area contributed by atoms with E-state index in [0.717, 1.165) is 42.9 Å². The summed E-state index contributed by atoms with van der Waals surface area (Å²) in [6.45, 7) is 4.08. The van der Waals surface area contributed by atoms with Gasteiger partial charge in [0.15, 0.2) is 0 Å². The van der Waals surface area contributed by atoms with Gasteiger partial charge in [-0.15, -0.1) is 0 Å². The first-order valence-corrected chi connectivity index (χ1v) is 6.53. The number of hydrogen-bond donors (Lipinski definition) is 1. The highest BCUT2D eigenvalue weighted by Gasteiger charge is 2.14. The Morgan fingerprint density at radius 2 is 2.06 bits per heavy atom. The van der Waals surface area contributed by atoms with Crippen LogP contribution in [0.15, 0.2) is 12.2 Å². The Balaban J connectivity index is 2.18. The van der Waals surface area contributed by atoms with Crippen LogP contribution in [0.5, 0.6) is 0 Å². The van der Waals surface area contributed by atoms with Crippen molar-refractivity contribution in [3.8, 4) is 0 Å². The number of aromatic nitrogens is 2. The van der Waals surface area contributed by atoms with E-state index in [0.29, 0.717) is 11.2 Å². The zero-order valence-electron chi connectivity index (χ0n) is 10.3. The van der Waals surface area contributed by atoms with Crippen molar-refractivity contribution in [2.45, 2.75) is 45.6 Å². The zero-order chi connectivity index (χ0) is 12.3. The first kappa shape index (κ1) is 12.4. The van der Waals surface area contributed by atoms with Gasteiger partial charge < -0.3 is 5.32 Å². The summed E-state index contributed by atoms with van der Waals surface area (Å²) in [6, 6.07) is 0.453. The molecule has 0 fully saturated rings. The molecule has 0 bridgehead atoms. The van der Waals surface area contributed by atoms with Gasteiger partial charge in [0, 0.05) is 18.0 Å². The van der Waals surface area contributed by atoms with Gasteiger partial charge in [0.2, 0.25) is 0 Å². The summed E-state index contributed by atoms with van der Waals surface area (Å²) in [7, 11) is 0. The Morgan fingerprint density at radius 1 is 1.35 bits per heavy atom. The smallest absolute Gasteiger partial charge is 0.137 e. The number of halogens is 1. The Kier molecular flexibility index (Phi) is 4.00. The van der Waals surface area contributed by atoms with Crippen LogP contribution in [0.25, 0.3) is 0 Å². The molecule has 1 heterocycles. The van der Waals surface area contributed by atoms with Crippen LogP contribution in [0, 0.1) is 6.92 Å². The molecule has 0 spiro atoms. The summed E-state index contributed by atoms with van der Waals surface area (Å²) in [4.78, 5) is 8.85. The number of nitrogens with zero attached hydrogens (tertiary/aromatic N) is 2. The summed E-state index contributed by atoms with van der Waals surface area (Å²) in [6.07, 6.45) is 8.42. The third-order valence-corrected chi connectivity index (χ3v) is 3.32. The highest BCUT2D eigenvalue weighted by atomic mass is 35.5. The molecule has 17 heavy (non-hydrogen) atoms. The van der Waals surface area contributed by atoms with Crippen LogP contribution < -0.4 is 5.32 Å². The molecule has 0 amide bonds. The second-order valence-corrected chi connectivity index (χ2v) is 4.80. The lowest BCUT2D eigenvalue weighted by atomic mass is 10.2. The fraction of sp³-hybridized carbons (Fsp3) is 0.538. The van der Waals surface area contributed by atoms with Gasteiger partial charge >= 0.3 is 0 Å². The van der Waals surface area contributed by atoms with Gasteiger partial charge in [0.1, 0.15) is 16.8 Å². The molecule has 0 aromatic carbocycles. The monoisotopic (exact) mass is 251 g/mol. The molecule has 1 aliphatic carbocycles. The van der Waals surface area contributed by atoms with Crippen LogP contribution in [-0.2, 0) is 6.42 Å². The fourth-order valence-corrected chi connectivity index (χ4v) is 2.12. The normalized spacial score (nSPS) is 15.5. The molecule has 0 saturated heterocycles. The average molecular weight is 252 g/mol. The standard InChI is InChI=1S/C13H18ClN3/c1-3-6-11-16-12(14)9(2)13(17-11)15-10-7-4-5-8-10/h4-5,10H,3,6-8H2,1-2H3,(H,15,16,17). The van der Waals surface area contributed by atoms with E-state index in [-0.39, 0.29) is 0 Å². The maximum Gasteiger partial charge on any atom is 0.137 e. The predicted octanol–water partition coefficient (Wildman–Crippen LogP) is 3.52. The van der Waals surface area contributed by atoms with Crippen LogP contribution in [0.1, 0.15) is 37.6 Å². The van der Waals surface area contributed by atoms with Gasteiger partial charge in [-0.3, -0.25) is 0 Å². The van der Waals surface area contributed by atoms with Gasteiger partial charge in [-0.25, -0.2) is 9.97 Å². The quantitative estimate of drug-likeness (QED) is 0.657. The molecule has 1 aromatic heterocycles. The maximum atomic E-state index is 6.13. The van der Waals surface area contributed by atoms with E-state index >= 15 is 0 Å². The Bertz CT molecular complexity index is 421. The average Bonchev–Trinajstić information content (AvgIpc) is 2.78. The SMILES string of the molecule is CCCc1nc(Cl)c(C)c(NC2CC=CC2)n1. The summed E-state index contributed by atoms with van der Waals surface area (Å²) >= 11 is 6.13. The van der Waals surface area contributed by atoms with Gasteiger partial charge in [0.05, 0.1) is 0 Å². The third-order valence-electron chi connectivity index (χ3n) is 2.96. The highest BCUT2D eigenvalue weighted by Crippen LogP contribution is 2.23. The van der Waals surface area contributed by atoms with E-state index in [1.807, 2.05) is 6.92 Å². The second-order valence-electron chi connectivity index (χ2n) is 4.44. The third kappa shape index (κ3) is 2.97. The van der Waals surface area contributed by atoms with Crippen LogP contribution >= 0.6 is 11.6 Å². The van der Waals surface area contributed by atoms with Gasteiger partial charge in [-0.05, 0) is 26.2 Å². The molecule has 4 heteroatoms. The second kappa shape index (κ2) is 5.50. The molecular formula is C13H18ClN3. The number of hydrogen-bond acceptors (Lipinski definition) is 3. The molecule has 1 aromatic rings. The van der Waals surface area contributed by atoms with E-state index in [1.165, 1.54) is 0 Å². The first-order chi connectivity index (χ1) is 8.20. The zero-order valence-corrected chi connectivity index (χ0v) is 11.1. The van der Waals surface area contributed by atoms with E-state index in [1.54, 1.807) is 0 Å². The van der Waals surface area contributed by atoms with E-state index in [4.69, 9.17) is 11.6 Å². The van der Waals surface area contributed by atoms with Gasteiger partial charge in [0.25, 0.3) is 0 Å². The summed E-state index contributed by atoms with van der Waals surface area (Å²) in [5.74, 6) is 1.72. The Morgan fingerprint density at radius 3 is 2.71 bits per heavy atom. The lowest BCUT2D eigenvalue weighted by molar-refractivity contribution is 0.767. The van der Waals surface area contributed by atoms with Crippen molar-refractivity contribution in [1.82, 2.24) is 9.97 Å². The minimum atomic E-state index is 0.453. The maximum absolute atomic E-state index is 6.13. The Hall–Kier alpha value is -1.09. The number of aryl methyl sites for hydroxylation is 1. The van der Waals surface area contributed by atoms with Crippen molar-refractivity contribution >= 4 is 17.4 Å². The highest BCUT2D eigenvalue weighted by molar-refractivity contribution is 6.30.